The standard InChI is InChI=1S/C16H20N4O2S/c1-10(2)16(3,9-17)20-14(21)8-23-15-18-12-6-5-11(22-4)7-13(12)19-15/h5-7,10H,8H2,1-4H3,(H,18,19)(H,20,21). The highest BCUT2D eigenvalue weighted by Gasteiger charge is 2.29. The fourth-order valence-corrected chi connectivity index (χ4v) is 2.61. The second-order valence-corrected chi connectivity index (χ2v) is 6.69. The molecule has 2 rings (SSSR count). The fourth-order valence-electron chi connectivity index (χ4n) is 1.92. The number of H-pyrrole nitrogens is 1. The molecule has 2 aromatic rings. The predicted octanol–water partition coefficient (Wildman–Crippen LogP) is 2.72. The van der Waals surface area contributed by atoms with Gasteiger partial charge < -0.3 is 15.0 Å². The highest BCUT2D eigenvalue weighted by atomic mass is 32.2. The number of carbonyl (C=O) groups is 1. The number of fused-ring (bicyclic) bond motifs is 1. The molecule has 1 amide bonds. The van der Waals surface area contributed by atoms with E-state index in [9.17, 15) is 10.1 Å². The smallest absolute Gasteiger partial charge is 0.231 e. The summed E-state index contributed by atoms with van der Waals surface area (Å²) < 4.78 is 5.17. The average Bonchev–Trinajstić information content (AvgIpc) is 2.94. The summed E-state index contributed by atoms with van der Waals surface area (Å²) in [7, 11) is 1.61. The molecule has 1 aromatic heterocycles. The molecule has 0 aliphatic carbocycles. The van der Waals surface area contributed by atoms with Gasteiger partial charge in [-0.25, -0.2) is 4.98 Å². The molecule has 2 N–H and O–H groups in total. The molecule has 122 valence electrons. The van der Waals surface area contributed by atoms with Crippen molar-refractivity contribution in [2.75, 3.05) is 12.9 Å². The van der Waals surface area contributed by atoms with Crippen molar-refractivity contribution in [3.05, 3.63) is 18.2 Å². The van der Waals surface area contributed by atoms with E-state index in [0.717, 1.165) is 16.8 Å². The van der Waals surface area contributed by atoms with Gasteiger partial charge in [-0.05, 0) is 25.0 Å². The number of methoxy groups -OCH3 is 1. The third-order valence-corrected chi connectivity index (χ3v) is 4.67. The molecule has 7 heteroatoms. The van der Waals surface area contributed by atoms with Crippen LogP contribution in [-0.2, 0) is 4.79 Å². The van der Waals surface area contributed by atoms with E-state index in [4.69, 9.17) is 4.74 Å². The molecule has 1 unspecified atom stereocenters. The first-order valence-corrected chi connectivity index (χ1v) is 8.25. The Morgan fingerprint density at radius 1 is 1.57 bits per heavy atom. The van der Waals surface area contributed by atoms with E-state index in [1.54, 1.807) is 14.0 Å². The third-order valence-electron chi connectivity index (χ3n) is 3.79. The molecular weight excluding hydrogens is 312 g/mol. The van der Waals surface area contributed by atoms with E-state index in [1.807, 2.05) is 32.0 Å². The summed E-state index contributed by atoms with van der Waals surface area (Å²) in [4.78, 5) is 19.6. The van der Waals surface area contributed by atoms with Crippen LogP contribution in [0.1, 0.15) is 20.8 Å². The van der Waals surface area contributed by atoms with E-state index in [2.05, 4.69) is 21.4 Å². The lowest BCUT2D eigenvalue weighted by Crippen LogP contribution is -2.49. The number of hydrogen-bond donors (Lipinski definition) is 2. The first-order valence-electron chi connectivity index (χ1n) is 7.27. The number of ether oxygens (including phenoxy) is 1. The number of nitrogens with one attached hydrogen (secondary N) is 2. The molecule has 0 spiro atoms. The maximum atomic E-state index is 12.1. The Labute approximate surface area is 139 Å². The maximum absolute atomic E-state index is 12.1. The minimum Gasteiger partial charge on any atom is -0.497 e. The van der Waals surface area contributed by atoms with Crippen molar-refractivity contribution in [3.8, 4) is 11.8 Å². The van der Waals surface area contributed by atoms with E-state index < -0.39 is 5.54 Å². The zero-order valence-corrected chi connectivity index (χ0v) is 14.5. The van der Waals surface area contributed by atoms with Crippen LogP contribution in [-0.4, -0.2) is 34.3 Å². The van der Waals surface area contributed by atoms with Crippen molar-refractivity contribution in [2.45, 2.75) is 31.5 Å². The van der Waals surface area contributed by atoms with Gasteiger partial charge in [0.1, 0.15) is 11.3 Å². The molecule has 6 nitrogen and oxygen atoms in total. The molecule has 0 aliphatic rings. The lowest BCUT2D eigenvalue weighted by atomic mass is 9.90. The highest BCUT2D eigenvalue weighted by molar-refractivity contribution is 7.99. The topological polar surface area (TPSA) is 90.8 Å². The van der Waals surface area contributed by atoms with Gasteiger partial charge >= 0.3 is 0 Å². The van der Waals surface area contributed by atoms with Gasteiger partial charge in [-0.2, -0.15) is 5.26 Å². The van der Waals surface area contributed by atoms with Crippen molar-refractivity contribution in [1.29, 1.82) is 5.26 Å². The normalized spacial score (nSPS) is 13.6. The van der Waals surface area contributed by atoms with E-state index in [1.165, 1.54) is 11.8 Å². The lowest BCUT2D eigenvalue weighted by Gasteiger charge is -2.27. The number of nitrogens with zero attached hydrogens (tertiary/aromatic N) is 2. The van der Waals surface area contributed by atoms with E-state index in [-0.39, 0.29) is 17.6 Å². The van der Waals surface area contributed by atoms with Crippen molar-refractivity contribution < 1.29 is 9.53 Å². The van der Waals surface area contributed by atoms with Crippen molar-refractivity contribution in [3.63, 3.8) is 0 Å². The van der Waals surface area contributed by atoms with Crippen molar-refractivity contribution in [2.24, 2.45) is 5.92 Å². The van der Waals surface area contributed by atoms with Crippen LogP contribution in [0.15, 0.2) is 23.4 Å². The number of amides is 1. The summed E-state index contributed by atoms with van der Waals surface area (Å²) in [6.07, 6.45) is 0. The Hall–Kier alpha value is -2.20. The summed E-state index contributed by atoms with van der Waals surface area (Å²) >= 11 is 1.30. The Morgan fingerprint density at radius 3 is 2.91 bits per heavy atom. The molecule has 0 saturated carbocycles. The van der Waals surface area contributed by atoms with Gasteiger partial charge in [0.15, 0.2) is 5.16 Å². The van der Waals surface area contributed by atoms with Crippen molar-refractivity contribution >= 4 is 28.7 Å². The summed E-state index contributed by atoms with van der Waals surface area (Å²) in [5.41, 5.74) is 0.813. The molecule has 1 atom stereocenters. The van der Waals surface area contributed by atoms with Crippen LogP contribution < -0.4 is 10.1 Å². The largest absolute Gasteiger partial charge is 0.497 e. The Morgan fingerprint density at radius 2 is 2.30 bits per heavy atom. The number of aromatic amines is 1. The molecule has 1 aromatic carbocycles. The SMILES string of the molecule is COc1ccc2nc(SCC(=O)NC(C)(C#N)C(C)C)[nH]c2c1. The van der Waals surface area contributed by atoms with E-state index in [0.29, 0.717) is 5.16 Å². The first kappa shape index (κ1) is 17.2. The summed E-state index contributed by atoms with van der Waals surface area (Å²) in [6.45, 7) is 5.54. The molecule has 0 radical (unpaired) electrons. The molecule has 23 heavy (non-hydrogen) atoms. The van der Waals surface area contributed by atoms with Gasteiger partial charge in [-0.15, -0.1) is 0 Å². The van der Waals surface area contributed by atoms with Crippen LogP contribution in [0.2, 0.25) is 0 Å². The first-order chi connectivity index (χ1) is 10.9. The summed E-state index contributed by atoms with van der Waals surface area (Å²) in [5, 5.41) is 12.7. The number of aromatic nitrogens is 2. The molecule has 0 aliphatic heterocycles. The molecule has 1 heterocycles. The second kappa shape index (κ2) is 6.92. The number of hydrogen-bond acceptors (Lipinski definition) is 5. The van der Waals surface area contributed by atoms with Crippen molar-refractivity contribution in [1.82, 2.24) is 15.3 Å². The number of benzene rings is 1. The zero-order valence-electron chi connectivity index (χ0n) is 13.6. The Bertz CT molecular complexity index is 750. The number of rotatable bonds is 6. The number of imidazole rings is 1. The maximum Gasteiger partial charge on any atom is 0.231 e. The lowest BCUT2D eigenvalue weighted by molar-refractivity contribution is -0.120. The molecule has 0 saturated heterocycles. The number of thioether (sulfide) groups is 1. The monoisotopic (exact) mass is 332 g/mol. The van der Waals surface area contributed by atoms with Gasteiger partial charge in [0.25, 0.3) is 0 Å². The Balaban J connectivity index is 2.01. The molecular formula is C16H20N4O2S. The number of carbonyl (C=O) groups excluding carboxylic acids is 1. The predicted molar refractivity (Wildman–Crippen MR) is 90.4 cm³/mol. The van der Waals surface area contributed by atoms with Crippen LogP contribution in [0.3, 0.4) is 0 Å². The molecule has 0 bridgehead atoms. The molecule has 0 fully saturated rings. The minimum atomic E-state index is -0.862. The Kier molecular flexibility index (Phi) is 5.16. The van der Waals surface area contributed by atoms with Crippen LogP contribution in [0.25, 0.3) is 11.0 Å². The summed E-state index contributed by atoms with van der Waals surface area (Å²) in [6, 6.07) is 7.72. The number of nitriles is 1. The van der Waals surface area contributed by atoms with Crippen LogP contribution in [0, 0.1) is 17.2 Å². The van der Waals surface area contributed by atoms with Gasteiger partial charge in [0.2, 0.25) is 5.91 Å². The van der Waals surface area contributed by atoms with Gasteiger partial charge in [0, 0.05) is 6.07 Å². The third kappa shape index (κ3) is 3.96. The zero-order chi connectivity index (χ0) is 17.0. The van der Waals surface area contributed by atoms with Gasteiger partial charge in [0.05, 0.1) is 30.0 Å². The van der Waals surface area contributed by atoms with Gasteiger partial charge in [-0.3, -0.25) is 4.79 Å². The second-order valence-electron chi connectivity index (χ2n) is 5.73. The quantitative estimate of drug-likeness (QED) is 0.794. The highest BCUT2D eigenvalue weighted by Crippen LogP contribution is 2.23. The van der Waals surface area contributed by atoms with Crippen LogP contribution >= 0.6 is 11.8 Å². The fraction of sp³-hybridized carbons (Fsp3) is 0.438. The van der Waals surface area contributed by atoms with Crippen LogP contribution in [0.5, 0.6) is 5.75 Å². The minimum absolute atomic E-state index is 0.0279. The van der Waals surface area contributed by atoms with E-state index >= 15 is 0 Å². The average molecular weight is 332 g/mol. The summed E-state index contributed by atoms with van der Waals surface area (Å²) in [5.74, 6) is 0.782. The van der Waals surface area contributed by atoms with Crippen LogP contribution in [0.4, 0.5) is 0 Å². The van der Waals surface area contributed by atoms with Gasteiger partial charge in [-0.1, -0.05) is 25.6 Å².